The van der Waals surface area contributed by atoms with Crippen molar-refractivity contribution in [3.05, 3.63) is 47.3 Å². The summed E-state index contributed by atoms with van der Waals surface area (Å²) >= 11 is 0. The molecule has 0 spiro atoms. The molecule has 2 aromatic rings. The average molecular weight is 413 g/mol. The number of piperidine rings is 1. The van der Waals surface area contributed by atoms with Crippen molar-refractivity contribution in [3.8, 4) is 12.3 Å². The minimum Gasteiger partial charge on any atom is -0.360 e. The van der Waals surface area contributed by atoms with Gasteiger partial charge in [-0.25, -0.2) is 8.42 Å². The van der Waals surface area contributed by atoms with Gasteiger partial charge in [0.1, 0.15) is 5.76 Å². The number of carbonyl (C=O) groups excluding carboxylic acids is 1. The minimum atomic E-state index is -3.65. The highest BCUT2D eigenvalue weighted by atomic mass is 32.2. The number of amides is 1. The molecule has 1 aromatic heterocycles. The van der Waals surface area contributed by atoms with Gasteiger partial charge in [-0.1, -0.05) is 17.1 Å². The summed E-state index contributed by atoms with van der Waals surface area (Å²) in [6.45, 7) is 2.17. The Morgan fingerprint density at radius 2 is 2.10 bits per heavy atom. The summed E-state index contributed by atoms with van der Waals surface area (Å²) in [4.78, 5) is 12.7. The molecule has 1 aliphatic heterocycles. The van der Waals surface area contributed by atoms with Crippen molar-refractivity contribution >= 4 is 15.9 Å². The summed E-state index contributed by atoms with van der Waals surface area (Å²) in [7, 11) is -3.65. The predicted molar refractivity (Wildman–Crippen MR) is 107 cm³/mol. The maximum absolute atomic E-state index is 13.0. The van der Waals surface area contributed by atoms with Crippen molar-refractivity contribution in [2.24, 2.45) is 0 Å². The number of rotatable bonds is 5. The lowest BCUT2D eigenvalue weighted by atomic mass is 10.0. The van der Waals surface area contributed by atoms with E-state index in [1.807, 2.05) is 6.92 Å². The molecule has 0 unspecified atom stereocenters. The van der Waals surface area contributed by atoms with Crippen LogP contribution < -0.4 is 5.32 Å². The molecule has 1 saturated heterocycles. The van der Waals surface area contributed by atoms with Gasteiger partial charge >= 0.3 is 0 Å². The van der Waals surface area contributed by atoms with Gasteiger partial charge in [0.05, 0.1) is 4.90 Å². The smallest absolute Gasteiger partial charge is 0.273 e. The molecule has 1 saturated carbocycles. The van der Waals surface area contributed by atoms with E-state index >= 15 is 0 Å². The second kappa shape index (κ2) is 7.65. The number of terminal acetylenes is 1. The van der Waals surface area contributed by atoms with Gasteiger partial charge in [-0.2, -0.15) is 4.31 Å². The highest BCUT2D eigenvalue weighted by Crippen LogP contribution is 2.40. The van der Waals surface area contributed by atoms with E-state index in [1.54, 1.807) is 24.3 Å². The van der Waals surface area contributed by atoms with E-state index in [-0.39, 0.29) is 28.6 Å². The highest BCUT2D eigenvalue weighted by molar-refractivity contribution is 7.89. The summed E-state index contributed by atoms with van der Waals surface area (Å²) in [5, 5.41) is 6.82. The Labute approximate surface area is 170 Å². The average Bonchev–Trinajstić information content (AvgIpc) is 3.44. The zero-order valence-electron chi connectivity index (χ0n) is 16.2. The second-order valence-electron chi connectivity index (χ2n) is 7.72. The first kappa shape index (κ1) is 19.7. The fraction of sp³-hybridized carbons (Fsp3) is 0.429. The molecule has 0 bridgehead atoms. The van der Waals surface area contributed by atoms with Crippen molar-refractivity contribution < 1.29 is 17.7 Å². The molecule has 1 N–H and O–H groups in total. The van der Waals surface area contributed by atoms with Crippen LogP contribution in [-0.4, -0.2) is 42.4 Å². The SMILES string of the molecule is C#Cc1cccc(S(=O)(=O)N2CC[C@H](NC(=O)c3cc(C4CC4)on3)C[C@H]2C)c1. The fourth-order valence-electron chi connectivity index (χ4n) is 3.74. The van der Waals surface area contributed by atoms with Crippen molar-refractivity contribution in [1.29, 1.82) is 0 Å². The van der Waals surface area contributed by atoms with Crippen LogP contribution in [0, 0.1) is 12.3 Å². The molecule has 2 heterocycles. The zero-order chi connectivity index (χ0) is 20.6. The molecule has 29 heavy (non-hydrogen) atoms. The maximum atomic E-state index is 13.0. The van der Waals surface area contributed by atoms with Gasteiger partial charge in [-0.15, -0.1) is 6.42 Å². The Bertz CT molecular complexity index is 1070. The molecular formula is C21H23N3O4S. The van der Waals surface area contributed by atoms with E-state index in [0.717, 1.165) is 18.6 Å². The number of hydrogen-bond donors (Lipinski definition) is 1. The monoisotopic (exact) mass is 413 g/mol. The normalized spacial score (nSPS) is 22.8. The molecule has 7 nitrogen and oxygen atoms in total. The van der Waals surface area contributed by atoms with Crippen LogP contribution in [0.25, 0.3) is 0 Å². The molecular weight excluding hydrogens is 390 g/mol. The van der Waals surface area contributed by atoms with Crippen molar-refractivity contribution in [1.82, 2.24) is 14.8 Å². The molecule has 1 amide bonds. The van der Waals surface area contributed by atoms with Crippen LogP contribution >= 0.6 is 0 Å². The topological polar surface area (TPSA) is 92.5 Å². The third-order valence-electron chi connectivity index (χ3n) is 5.50. The van der Waals surface area contributed by atoms with E-state index < -0.39 is 10.0 Å². The number of nitrogens with zero attached hydrogens (tertiary/aromatic N) is 2. The van der Waals surface area contributed by atoms with E-state index in [2.05, 4.69) is 16.4 Å². The quantitative estimate of drug-likeness (QED) is 0.761. The lowest BCUT2D eigenvalue weighted by Crippen LogP contribution is -2.50. The Morgan fingerprint density at radius 1 is 1.31 bits per heavy atom. The maximum Gasteiger partial charge on any atom is 0.273 e. The van der Waals surface area contributed by atoms with Crippen LogP contribution in [-0.2, 0) is 10.0 Å². The summed E-state index contributed by atoms with van der Waals surface area (Å²) in [6, 6.07) is 7.73. The molecule has 0 radical (unpaired) electrons. The first-order valence-corrected chi connectivity index (χ1v) is 11.2. The van der Waals surface area contributed by atoms with Gasteiger partial charge in [-0.3, -0.25) is 4.79 Å². The van der Waals surface area contributed by atoms with Gasteiger partial charge in [0.15, 0.2) is 5.69 Å². The molecule has 152 valence electrons. The minimum absolute atomic E-state index is 0.123. The number of benzene rings is 1. The van der Waals surface area contributed by atoms with Crippen molar-refractivity contribution in [2.75, 3.05) is 6.54 Å². The van der Waals surface area contributed by atoms with Crippen molar-refractivity contribution in [2.45, 2.75) is 55.5 Å². The third kappa shape index (κ3) is 4.07. The zero-order valence-corrected chi connectivity index (χ0v) is 17.0. The predicted octanol–water partition coefficient (Wildman–Crippen LogP) is 2.50. The van der Waals surface area contributed by atoms with Gasteiger partial charge in [0, 0.05) is 36.2 Å². The highest BCUT2D eigenvalue weighted by Gasteiger charge is 2.35. The Hall–Kier alpha value is -2.63. The summed E-state index contributed by atoms with van der Waals surface area (Å²) < 4.78 is 32.8. The third-order valence-corrected chi connectivity index (χ3v) is 7.51. The van der Waals surface area contributed by atoms with E-state index in [9.17, 15) is 13.2 Å². The van der Waals surface area contributed by atoms with Gasteiger partial charge in [0.25, 0.3) is 5.91 Å². The van der Waals surface area contributed by atoms with Gasteiger partial charge in [-0.05, 0) is 50.8 Å². The molecule has 8 heteroatoms. The first-order chi connectivity index (χ1) is 13.9. The van der Waals surface area contributed by atoms with E-state index in [1.165, 1.54) is 10.4 Å². The van der Waals surface area contributed by atoms with Crippen molar-refractivity contribution in [3.63, 3.8) is 0 Å². The number of hydrogen-bond acceptors (Lipinski definition) is 5. The van der Waals surface area contributed by atoms with Crippen LogP contribution in [0.2, 0.25) is 0 Å². The number of carbonyl (C=O) groups is 1. The number of nitrogens with one attached hydrogen (secondary N) is 1. The number of aromatic nitrogens is 1. The van der Waals surface area contributed by atoms with Crippen LogP contribution in [0.15, 0.2) is 39.8 Å². The molecule has 2 aliphatic rings. The van der Waals surface area contributed by atoms with E-state index in [0.29, 0.717) is 30.9 Å². The molecule has 1 aliphatic carbocycles. The Kier molecular flexibility index (Phi) is 5.19. The summed E-state index contributed by atoms with van der Waals surface area (Å²) in [6.07, 6.45) is 8.59. The van der Waals surface area contributed by atoms with Crippen LogP contribution in [0.4, 0.5) is 0 Å². The Morgan fingerprint density at radius 3 is 2.79 bits per heavy atom. The van der Waals surface area contributed by atoms with Gasteiger partial charge in [0.2, 0.25) is 10.0 Å². The summed E-state index contributed by atoms with van der Waals surface area (Å²) in [5.74, 6) is 3.34. The molecule has 1 aromatic carbocycles. The molecule has 4 rings (SSSR count). The Balaban J connectivity index is 1.40. The second-order valence-corrected chi connectivity index (χ2v) is 9.61. The fourth-order valence-corrected chi connectivity index (χ4v) is 5.44. The lowest BCUT2D eigenvalue weighted by Gasteiger charge is -2.36. The van der Waals surface area contributed by atoms with Crippen LogP contribution in [0.1, 0.15) is 60.3 Å². The molecule has 2 atom stereocenters. The largest absolute Gasteiger partial charge is 0.360 e. The van der Waals surface area contributed by atoms with Crippen LogP contribution in [0.3, 0.4) is 0 Å². The molecule has 2 fully saturated rings. The first-order valence-electron chi connectivity index (χ1n) is 9.74. The standard InChI is InChI=1S/C21H23N3O4S/c1-3-15-5-4-6-18(12-15)29(26,27)24-10-9-17(11-14(24)2)22-21(25)19-13-20(28-23-19)16-7-8-16/h1,4-6,12-14,16-17H,7-11H2,2H3,(H,22,25)/t14-,17+/m1/s1. The van der Waals surface area contributed by atoms with Crippen LogP contribution in [0.5, 0.6) is 0 Å². The lowest BCUT2D eigenvalue weighted by molar-refractivity contribution is 0.0905. The van der Waals surface area contributed by atoms with E-state index in [4.69, 9.17) is 10.9 Å². The summed E-state index contributed by atoms with van der Waals surface area (Å²) in [5.41, 5.74) is 0.805. The van der Waals surface area contributed by atoms with Gasteiger partial charge < -0.3 is 9.84 Å². The number of sulfonamides is 1.